The van der Waals surface area contributed by atoms with Gasteiger partial charge in [-0.15, -0.1) is 0 Å². The molecule has 0 aliphatic rings. The minimum atomic E-state index is 0.0946. The molecule has 0 radical (unpaired) electrons. The highest BCUT2D eigenvalue weighted by molar-refractivity contribution is 9.11. The second kappa shape index (κ2) is 5.58. The number of anilines is 2. The molecule has 0 amide bonds. The molecule has 0 atom stereocenters. The lowest BCUT2D eigenvalue weighted by Crippen LogP contribution is -2.02. The molecule has 1 aromatic heterocycles. The Kier molecular flexibility index (Phi) is 4.08. The molecule has 2 aromatic rings. The number of halogens is 2. The van der Waals surface area contributed by atoms with E-state index >= 15 is 0 Å². The summed E-state index contributed by atoms with van der Waals surface area (Å²) in [7, 11) is 0. The van der Waals surface area contributed by atoms with Crippen LogP contribution in [0.3, 0.4) is 0 Å². The Bertz CT molecular complexity index is 575. The Morgan fingerprint density at radius 3 is 2.72 bits per heavy atom. The van der Waals surface area contributed by atoms with Crippen molar-refractivity contribution in [2.45, 2.75) is 6.54 Å². The fourth-order valence-electron chi connectivity index (χ4n) is 1.43. The lowest BCUT2D eigenvalue weighted by atomic mass is 10.2. The van der Waals surface area contributed by atoms with Crippen LogP contribution < -0.4 is 11.1 Å². The van der Waals surface area contributed by atoms with Crippen LogP contribution in [0.25, 0.3) is 0 Å². The molecular weight excluding hydrogens is 362 g/mol. The summed E-state index contributed by atoms with van der Waals surface area (Å²) >= 11 is 6.76. The predicted octanol–water partition coefficient (Wildman–Crippen LogP) is 3.51. The van der Waals surface area contributed by atoms with Crippen molar-refractivity contribution < 1.29 is 5.11 Å². The van der Waals surface area contributed by atoms with Gasteiger partial charge in [0.1, 0.15) is 11.6 Å². The van der Waals surface area contributed by atoms with Crippen molar-refractivity contribution in [3.05, 3.63) is 45.0 Å². The van der Waals surface area contributed by atoms with Gasteiger partial charge in [0.25, 0.3) is 0 Å². The van der Waals surface area contributed by atoms with Gasteiger partial charge in [-0.25, -0.2) is 4.98 Å². The quantitative estimate of drug-likeness (QED) is 0.569. The average molecular weight is 373 g/mol. The van der Waals surface area contributed by atoms with E-state index in [0.29, 0.717) is 12.2 Å². The molecule has 1 aromatic carbocycles. The Morgan fingerprint density at radius 1 is 1.28 bits per heavy atom. The number of aromatic hydroxyl groups is 1. The van der Waals surface area contributed by atoms with Crippen molar-refractivity contribution in [1.82, 2.24) is 4.98 Å². The summed E-state index contributed by atoms with van der Waals surface area (Å²) in [6.07, 6.45) is 1.72. The molecule has 0 unspecified atom stereocenters. The van der Waals surface area contributed by atoms with Gasteiger partial charge in [-0.2, -0.15) is 0 Å². The van der Waals surface area contributed by atoms with Crippen molar-refractivity contribution in [2.24, 2.45) is 0 Å². The fraction of sp³-hybridized carbons (Fsp3) is 0.0833. The lowest BCUT2D eigenvalue weighted by molar-refractivity contribution is 0.477. The van der Waals surface area contributed by atoms with Gasteiger partial charge in [-0.05, 0) is 55.6 Å². The maximum Gasteiger partial charge on any atom is 0.140 e. The number of hydrogen-bond acceptors (Lipinski definition) is 4. The van der Waals surface area contributed by atoms with Crippen LogP contribution in [0, 0.1) is 0 Å². The van der Waals surface area contributed by atoms with Gasteiger partial charge in [0.2, 0.25) is 0 Å². The van der Waals surface area contributed by atoms with E-state index in [1.165, 1.54) is 0 Å². The zero-order chi connectivity index (χ0) is 13.1. The van der Waals surface area contributed by atoms with Gasteiger partial charge in [0.15, 0.2) is 0 Å². The molecule has 0 aliphatic heterocycles. The van der Waals surface area contributed by atoms with Crippen LogP contribution in [0.2, 0.25) is 0 Å². The first-order valence-electron chi connectivity index (χ1n) is 5.18. The van der Waals surface area contributed by atoms with Gasteiger partial charge < -0.3 is 16.2 Å². The summed E-state index contributed by atoms with van der Waals surface area (Å²) in [4.78, 5) is 4.24. The third kappa shape index (κ3) is 3.14. The van der Waals surface area contributed by atoms with Crippen molar-refractivity contribution in [1.29, 1.82) is 0 Å². The van der Waals surface area contributed by atoms with Crippen LogP contribution in [0.1, 0.15) is 5.56 Å². The minimum Gasteiger partial charge on any atom is -0.506 e. The van der Waals surface area contributed by atoms with E-state index in [4.69, 9.17) is 5.73 Å². The third-order valence-electron chi connectivity index (χ3n) is 2.36. The second-order valence-electron chi connectivity index (χ2n) is 3.73. The van der Waals surface area contributed by atoms with E-state index in [2.05, 4.69) is 42.2 Å². The van der Waals surface area contributed by atoms with E-state index in [0.717, 1.165) is 20.3 Å². The molecule has 18 heavy (non-hydrogen) atoms. The number of aromatic nitrogens is 1. The Balaban J connectivity index is 2.09. The Morgan fingerprint density at radius 2 is 2.06 bits per heavy atom. The zero-order valence-corrected chi connectivity index (χ0v) is 12.5. The minimum absolute atomic E-state index is 0.0946. The number of nitrogen functional groups attached to an aromatic ring is 1. The standard InChI is InChI=1S/C12H11Br2N3O/c13-8-4-9(14)12(17-6-8)16-5-7-1-2-10(15)11(18)3-7/h1-4,6,18H,5,15H2,(H,16,17). The fourth-order valence-corrected chi connectivity index (χ4v) is 2.56. The van der Waals surface area contributed by atoms with Crippen LogP contribution in [0.4, 0.5) is 11.5 Å². The van der Waals surface area contributed by atoms with E-state index in [9.17, 15) is 5.11 Å². The SMILES string of the molecule is Nc1ccc(CNc2ncc(Br)cc2Br)cc1O. The third-order valence-corrected chi connectivity index (χ3v) is 3.40. The summed E-state index contributed by atoms with van der Waals surface area (Å²) in [5.74, 6) is 0.839. The smallest absolute Gasteiger partial charge is 0.140 e. The van der Waals surface area contributed by atoms with E-state index < -0.39 is 0 Å². The van der Waals surface area contributed by atoms with E-state index in [1.807, 2.05) is 12.1 Å². The highest BCUT2D eigenvalue weighted by atomic mass is 79.9. The molecule has 0 spiro atoms. The second-order valence-corrected chi connectivity index (χ2v) is 5.50. The number of pyridine rings is 1. The van der Waals surface area contributed by atoms with E-state index in [1.54, 1.807) is 18.3 Å². The van der Waals surface area contributed by atoms with Crippen LogP contribution in [0.5, 0.6) is 5.75 Å². The number of phenols is 1. The number of hydrogen-bond donors (Lipinski definition) is 3. The lowest BCUT2D eigenvalue weighted by Gasteiger charge is -2.08. The molecule has 1 heterocycles. The van der Waals surface area contributed by atoms with Gasteiger partial charge in [0.05, 0.1) is 10.2 Å². The number of benzene rings is 1. The first-order valence-corrected chi connectivity index (χ1v) is 6.77. The first-order chi connectivity index (χ1) is 8.56. The molecular formula is C12H11Br2N3O. The van der Waals surface area contributed by atoms with Gasteiger partial charge >= 0.3 is 0 Å². The number of rotatable bonds is 3. The summed E-state index contributed by atoms with van der Waals surface area (Å²) in [5.41, 5.74) is 6.85. The monoisotopic (exact) mass is 371 g/mol. The van der Waals surface area contributed by atoms with Gasteiger partial charge in [-0.1, -0.05) is 6.07 Å². The summed E-state index contributed by atoms with van der Waals surface area (Å²) in [6.45, 7) is 0.557. The van der Waals surface area contributed by atoms with Crippen LogP contribution in [-0.4, -0.2) is 10.1 Å². The Hall–Kier alpha value is -1.27. The Labute approximate surface area is 121 Å². The molecule has 4 nitrogen and oxygen atoms in total. The maximum absolute atomic E-state index is 9.50. The maximum atomic E-state index is 9.50. The molecule has 0 saturated heterocycles. The number of phenolic OH excluding ortho intramolecular Hbond substituents is 1. The van der Waals surface area contributed by atoms with Crippen LogP contribution in [-0.2, 0) is 6.54 Å². The molecule has 6 heteroatoms. The summed E-state index contributed by atoms with van der Waals surface area (Å²) < 4.78 is 1.78. The van der Waals surface area contributed by atoms with Gasteiger partial charge in [-0.3, -0.25) is 0 Å². The van der Waals surface area contributed by atoms with E-state index in [-0.39, 0.29) is 5.75 Å². The highest BCUT2D eigenvalue weighted by Gasteiger charge is 2.03. The normalized spacial score (nSPS) is 10.3. The van der Waals surface area contributed by atoms with Crippen LogP contribution >= 0.6 is 31.9 Å². The summed E-state index contributed by atoms with van der Waals surface area (Å²) in [5, 5.41) is 12.7. The van der Waals surface area contributed by atoms with Crippen molar-refractivity contribution >= 4 is 43.4 Å². The molecule has 0 fully saturated rings. The van der Waals surface area contributed by atoms with Gasteiger partial charge in [0, 0.05) is 17.2 Å². The highest BCUT2D eigenvalue weighted by Crippen LogP contribution is 2.25. The van der Waals surface area contributed by atoms with Crippen molar-refractivity contribution in [3.63, 3.8) is 0 Å². The van der Waals surface area contributed by atoms with Crippen molar-refractivity contribution in [2.75, 3.05) is 11.1 Å². The van der Waals surface area contributed by atoms with Crippen LogP contribution in [0.15, 0.2) is 39.4 Å². The molecule has 0 saturated carbocycles. The molecule has 4 N–H and O–H groups in total. The predicted molar refractivity (Wildman–Crippen MR) is 79.5 cm³/mol. The molecule has 2 rings (SSSR count). The number of nitrogens with zero attached hydrogens (tertiary/aromatic N) is 1. The zero-order valence-electron chi connectivity index (χ0n) is 9.32. The number of nitrogens with one attached hydrogen (secondary N) is 1. The first kappa shape index (κ1) is 13.2. The van der Waals surface area contributed by atoms with Crippen molar-refractivity contribution in [3.8, 4) is 5.75 Å². The molecule has 0 aliphatic carbocycles. The summed E-state index contributed by atoms with van der Waals surface area (Å²) in [6, 6.07) is 7.08. The largest absolute Gasteiger partial charge is 0.506 e. The topological polar surface area (TPSA) is 71.2 Å². The molecule has 0 bridgehead atoms. The average Bonchev–Trinajstić information content (AvgIpc) is 2.32. The molecule has 94 valence electrons. The number of nitrogens with two attached hydrogens (primary N) is 1.